The SMILES string of the molecule is CC1=NN(c2ccccc2)C(=O)[C@@H]1/C=c1/sc2n(c1=O)[C@H](c1ccc(C(C)C)cc1)C(C(=O)Nc1ccccc1)=C(C)N=2. The van der Waals surface area contributed by atoms with E-state index in [0.29, 0.717) is 43.6 Å². The van der Waals surface area contributed by atoms with Gasteiger partial charge in [0.25, 0.3) is 17.4 Å². The predicted octanol–water partition coefficient (Wildman–Crippen LogP) is 4.99. The van der Waals surface area contributed by atoms with Gasteiger partial charge in [0, 0.05) is 5.69 Å². The largest absolute Gasteiger partial charge is 0.322 e. The molecule has 0 unspecified atom stereocenters. The van der Waals surface area contributed by atoms with E-state index < -0.39 is 12.0 Å². The molecule has 0 radical (unpaired) electrons. The summed E-state index contributed by atoms with van der Waals surface area (Å²) in [6, 6.07) is 25.7. The van der Waals surface area contributed by atoms with Crippen LogP contribution in [0.25, 0.3) is 6.08 Å². The number of allylic oxidation sites excluding steroid dienone is 1. The van der Waals surface area contributed by atoms with Gasteiger partial charge < -0.3 is 5.32 Å². The van der Waals surface area contributed by atoms with Gasteiger partial charge in [-0.3, -0.25) is 19.0 Å². The molecule has 2 atom stereocenters. The monoisotopic (exact) mass is 589 g/mol. The Morgan fingerprint density at radius 3 is 2.23 bits per heavy atom. The summed E-state index contributed by atoms with van der Waals surface area (Å²) in [6.45, 7) is 7.82. The van der Waals surface area contributed by atoms with E-state index in [-0.39, 0.29) is 17.4 Å². The van der Waals surface area contributed by atoms with Crippen molar-refractivity contribution in [1.82, 2.24) is 4.57 Å². The molecular weight excluding hydrogens is 558 g/mol. The Hall–Kier alpha value is -4.89. The van der Waals surface area contributed by atoms with Crippen molar-refractivity contribution in [2.45, 2.75) is 39.7 Å². The van der Waals surface area contributed by atoms with E-state index in [4.69, 9.17) is 4.99 Å². The highest BCUT2D eigenvalue weighted by molar-refractivity contribution is 7.07. The summed E-state index contributed by atoms with van der Waals surface area (Å²) < 4.78 is 1.96. The maximum absolute atomic E-state index is 14.1. The number of anilines is 2. The molecule has 2 amide bonds. The number of nitrogens with zero attached hydrogens (tertiary/aromatic N) is 4. The number of carbonyl (C=O) groups is 2. The van der Waals surface area contributed by atoms with Gasteiger partial charge in [-0.05, 0) is 61.2 Å². The molecule has 2 aliphatic rings. The van der Waals surface area contributed by atoms with Crippen LogP contribution >= 0.6 is 11.3 Å². The molecule has 0 spiro atoms. The van der Waals surface area contributed by atoms with Crippen molar-refractivity contribution >= 4 is 46.3 Å². The van der Waals surface area contributed by atoms with Crippen molar-refractivity contribution in [3.63, 3.8) is 0 Å². The number of hydrogen-bond donors (Lipinski definition) is 1. The van der Waals surface area contributed by atoms with Crippen LogP contribution in [0.2, 0.25) is 0 Å². The van der Waals surface area contributed by atoms with Crippen LogP contribution in [-0.2, 0) is 9.59 Å². The Kier molecular flexibility index (Phi) is 7.50. The minimum absolute atomic E-state index is 0.227. The summed E-state index contributed by atoms with van der Waals surface area (Å²) in [5, 5.41) is 8.84. The van der Waals surface area contributed by atoms with Gasteiger partial charge in [-0.2, -0.15) is 10.1 Å². The van der Waals surface area contributed by atoms with Gasteiger partial charge in [0.15, 0.2) is 4.80 Å². The molecule has 9 heteroatoms. The van der Waals surface area contributed by atoms with E-state index in [1.54, 1.807) is 24.5 Å². The van der Waals surface area contributed by atoms with Crippen LogP contribution in [0, 0.1) is 5.92 Å². The third-order valence-electron chi connectivity index (χ3n) is 7.72. The van der Waals surface area contributed by atoms with Crippen LogP contribution in [0.4, 0.5) is 11.4 Å². The van der Waals surface area contributed by atoms with Gasteiger partial charge in [-0.25, -0.2) is 4.99 Å². The summed E-state index contributed by atoms with van der Waals surface area (Å²) in [4.78, 5) is 46.5. The summed E-state index contributed by atoms with van der Waals surface area (Å²) in [5.41, 5.74) is 4.49. The van der Waals surface area contributed by atoms with Crippen LogP contribution in [-0.4, -0.2) is 22.1 Å². The molecule has 3 heterocycles. The second-order valence-electron chi connectivity index (χ2n) is 11.0. The lowest BCUT2D eigenvalue weighted by atomic mass is 9.93. The van der Waals surface area contributed by atoms with Crippen molar-refractivity contribution in [2.24, 2.45) is 16.0 Å². The van der Waals surface area contributed by atoms with Crippen molar-refractivity contribution in [3.05, 3.63) is 127 Å². The Morgan fingerprint density at radius 1 is 0.930 bits per heavy atom. The quantitative estimate of drug-likeness (QED) is 0.343. The smallest absolute Gasteiger partial charge is 0.270 e. The maximum Gasteiger partial charge on any atom is 0.270 e. The molecule has 0 fully saturated rings. The molecule has 0 saturated carbocycles. The number of hydrogen-bond acceptors (Lipinski definition) is 6. The minimum Gasteiger partial charge on any atom is -0.322 e. The second-order valence-corrected chi connectivity index (χ2v) is 12.0. The maximum atomic E-state index is 14.1. The fourth-order valence-corrected chi connectivity index (χ4v) is 6.46. The molecule has 43 heavy (non-hydrogen) atoms. The number of thiazole rings is 1. The number of aromatic nitrogens is 1. The van der Waals surface area contributed by atoms with Gasteiger partial charge in [0.1, 0.15) is 5.92 Å². The number of rotatable bonds is 6. The third-order valence-corrected chi connectivity index (χ3v) is 8.72. The number of para-hydroxylation sites is 2. The first kappa shape index (κ1) is 28.2. The van der Waals surface area contributed by atoms with Gasteiger partial charge in [-0.1, -0.05) is 85.8 Å². The van der Waals surface area contributed by atoms with E-state index >= 15 is 0 Å². The normalized spacial score (nSPS) is 18.5. The summed E-state index contributed by atoms with van der Waals surface area (Å²) in [7, 11) is 0. The third kappa shape index (κ3) is 5.28. The average molecular weight is 590 g/mol. The van der Waals surface area contributed by atoms with Crippen LogP contribution in [0.15, 0.2) is 111 Å². The molecule has 4 aromatic rings. The number of amides is 2. The zero-order valence-electron chi connectivity index (χ0n) is 24.3. The van der Waals surface area contributed by atoms with Crippen molar-refractivity contribution in [2.75, 3.05) is 10.3 Å². The Balaban J connectivity index is 1.45. The van der Waals surface area contributed by atoms with E-state index in [2.05, 4.69) is 24.3 Å². The van der Waals surface area contributed by atoms with Crippen LogP contribution in [0.5, 0.6) is 0 Å². The molecule has 3 aromatic carbocycles. The number of carbonyl (C=O) groups excluding carboxylic acids is 2. The van der Waals surface area contributed by atoms with Crippen molar-refractivity contribution < 1.29 is 9.59 Å². The predicted molar refractivity (Wildman–Crippen MR) is 171 cm³/mol. The number of hydrazone groups is 1. The van der Waals surface area contributed by atoms with E-state index in [0.717, 1.165) is 11.1 Å². The van der Waals surface area contributed by atoms with Gasteiger partial charge in [-0.15, -0.1) is 0 Å². The Labute approximate surface area is 253 Å². The first-order chi connectivity index (χ1) is 20.7. The van der Waals surface area contributed by atoms with E-state index in [9.17, 15) is 14.4 Å². The molecule has 0 saturated heterocycles. The summed E-state index contributed by atoms with van der Waals surface area (Å²) in [5.74, 6) is -0.910. The zero-order chi connectivity index (χ0) is 30.2. The van der Waals surface area contributed by atoms with Crippen molar-refractivity contribution in [3.8, 4) is 0 Å². The molecule has 6 rings (SSSR count). The highest BCUT2D eigenvalue weighted by Crippen LogP contribution is 2.32. The molecule has 1 aromatic heterocycles. The molecule has 2 aliphatic heterocycles. The fraction of sp³-hybridized carbons (Fsp3) is 0.206. The number of nitrogens with one attached hydrogen (secondary N) is 1. The minimum atomic E-state index is -0.696. The summed E-state index contributed by atoms with van der Waals surface area (Å²) in [6.07, 6.45) is 1.68. The van der Waals surface area contributed by atoms with Crippen LogP contribution in [0.1, 0.15) is 50.8 Å². The molecule has 0 bridgehead atoms. The Bertz CT molecular complexity index is 1960. The van der Waals surface area contributed by atoms with E-state index in [1.807, 2.05) is 84.9 Å². The zero-order valence-corrected chi connectivity index (χ0v) is 25.1. The highest BCUT2D eigenvalue weighted by atomic mass is 32.1. The molecule has 1 N–H and O–H groups in total. The van der Waals surface area contributed by atoms with Crippen LogP contribution in [0.3, 0.4) is 0 Å². The molecular formula is C34H31N5O3S. The molecule has 216 valence electrons. The highest BCUT2D eigenvalue weighted by Gasteiger charge is 2.35. The second kappa shape index (κ2) is 11.4. The van der Waals surface area contributed by atoms with Crippen LogP contribution < -0.4 is 25.2 Å². The lowest BCUT2D eigenvalue weighted by Gasteiger charge is -2.25. The standard InChI is InChI=1S/C34H31N5O3S/c1-20(2)23-15-17-24(18-16-23)30-29(31(40)36-25-11-7-5-8-12-25)22(4)35-34-38(30)33(42)28(43-34)19-27-21(3)37-39(32(27)41)26-13-9-6-10-14-26/h5-20,27,30H,1-4H3,(H,36,40)/b28-19+/t27-,30-/m1/s1. The molecule has 0 aliphatic carbocycles. The van der Waals surface area contributed by atoms with Gasteiger partial charge >= 0.3 is 0 Å². The first-order valence-electron chi connectivity index (χ1n) is 14.2. The Morgan fingerprint density at radius 2 is 1.58 bits per heavy atom. The topological polar surface area (TPSA) is 96.1 Å². The fourth-order valence-electron chi connectivity index (χ4n) is 5.40. The number of benzene rings is 3. The van der Waals surface area contributed by atoms with E-state index in [1.165, 1.54) is 16.3 Å². The van der Waals surface area contributed by atoms with Gasteiger partial charge in [0.2, 0.25) is 0 Å². The first-order valence-corrected chi connectivity index (χ1v) is 15.0. The molecule has 8 nitrogen and oxygen atoms in total. The summed E-state index contributed by atoms with van der Waals surface area (Å²) >= 11 is 1.21. The lowest BCUT2D eigenvalue weighted by molar-refractivity contribution is -0.118. The van der Waals surface area contributed by atoms with Gasteiger partial charge in [0.05, 0.1) is 33.2 Å². The average Bonchev–Trinajstić information content (AvgIpc) is 3.47. The lowest BCUT2D eigenvalue weighted by Crippen LogP contribution is -2.41. The number of fused-ring (bicyclic) bond motifs is 1. The van der Waals surface area contributed by atoms with Crippen molar-refractivity contribution in [1.29, 1.82) is 0 Å².